The van der Waals surface area contributed by atoms with Crippen LogP contribution in [0.5, 0.6) is 0 Å². The van der Waals surface area contributed by atoms with Gasteiger partial charge in [-0.1, -0.05) is 53.7 Å². The number of esters is 1. The quantitative estimate of drug-likeness (QED) is 0.644. The summed E-state index contributed by atoms with van der Waals surface area (Å²) in [4.78, 5) is 23.4. The number of carboxylic acid groups (broad SMARTS) is 1. The largest absolute Gasteiger partial charge is 0.477 e. The van der Waals surface area contributed by atoms with Gasteiger partial charge in [-0.25, -0.2) is 4.79 Å². The van der Waals surface area contributed by atoms with Crippen LogP contribution in [0.25, 0.3) is 22.5 Å². The molecule has 6 nitrogen and oxygen atoms in total. The third kappa shape index (κ3) is 3.07. The maximum atomic E-state index is 12.2. The van der Waals surface area contributed by atoms with E-state index in [2.05, 4.69) is 5.16 Å². The molecule has 0 atom stereocenters. The Balaban J connectivity index is 1.56. The number of hydrogen-bond donors (Lipinski definition) is 1. The van der Waals surface area contributed by atoms with Crippen molar-refractivity contribution in [3.05, 3.63) is 65.9 Å². The van der Waals surface area contributed by atoms with Gasteiger partial charge in [0.05, 0.1) is 18.2 Å². The molecule has 28 heavy (non-hydrogen) atoms. The molecule has 1 saturated carbocycles. The van der Waals surface area contributed by atoms with E-state index in [4.69, 9.17) is 9.26 Å². The van der Waals surface area contributed by atoms with E-state index in [-0.39, 0.29) is 17.3 Å². The Morgan fingerprint density at radius 1 is 1.04 bits per heavy atom. The smallest absolute Gasteiger partial charge is 0.341 e. The van der Waals surface area contributed by atoms with Gasteiger partial charge in [-0.05, 0) is 36.5 Å². The van der Waals surface area contributed by atoms with E-state index in [0.717, 1.165) is 29.5 Å². The van der Waals surface area contributed by atoms with Gasteiger partial charge in [0.1, 0.15) is 5.56 Å². The first-order valence-corrected chi connectivity index (χ1v) is 9.12. The minimum atomic E-state index is -1.08. The molecule has 2 aromatic carbocycles. The second-order valence-corrected chi connectivity index (χ2v) is 6.83. The summed E-state index contributed by atoms with van der Waals surface area (Å²) in [6, 6.07) is 15.3. The number of carbonyl (C=O) groups excluding carboxylic acids is 1. The van der Waals surface area contributed by atoms with Crippen molar-refractivity contribution in [3.8, 4) is 22.5 Å². The number of carbonyl (C=O) groups is 2. The highest BCUT2D eigenvalue weighted by atomic mass is 16.5. The van der Waals surface area contributed by atoms with Crippen molar-refractivity contribution >= 4 is 11.9 Å². The van der Waals surface area contributed by atoms with Crippen LogP contribution in [-0.2, 0) is 14.9 Å². The van der Waals surface area contributed by atoms with Gasteiger partial charge in [0.25, 0.3) is 0 Å². The Labute approximate surface area is 161 Å². The number of ether oxygens (including phenoxy) is 1. The van der Waals surface area contributed by atoms with Crippen molar-refractivity contribution < 1.29 is 24.0 Å². The van der Waals surface area contributed by atoms with Crippen LogP contribution in [0.1, 0.15) is 35.7 Å². The molecule has 1 aliphatic rings. The summed E-state index contributed by atoms with van der Waals surface area (Å²) in [5, 5.41) is 12.8. The first-order valence-electron chi connectivity index (χ1n) is 9.12. The highest BCUT2D eigenvalue weighted by molar-refractivity contribution is 5.94. The summed E-state index contributed by atoms with van der Waals surface area (Å²) in [7, 11) is 0. The molecule has 0 spiro atoms. The van der Waals surface area contributed by atoms with Crippen molar-refractivity contribution in [2.45, 2.75) is 25.2 Å². The van der Waals surface area contributed by atoms with Crippen molar-refractivity contribution in [3.63, 3.8) is 0 Å². The molecule has 3 aromatic rings. The summed E-state index contributed by atoms with van der Waals surface area (Å²) in [6.45, 7) is 2.21. The van der Waals surface area contributed by atoms with E-state index < -0.39 is 11.4 Å². The lowest BCUT2D eigenvalue weighted by atomic mass is 9.93. The van der Waals surface area contributed by atoms with Crippen LogP contribution in [0.2, 0.25) is 0 Å². The van der Waals surface area contributed by atoms with E-state index in [1.54, 1.807) is 12.1 Å². The molecule has 0 unspecified atom stereocenters. The standard InChI is InChI=1S/C22H19NO5/c1-2-27-21(26)22(11-12-22)17-9-7-15(8-10-17)14-3-5-16(6-4-14)19-18(20(24)25)13-23-28-19/h3-10,13H,2,11-12H2,1H3,(H,24,25). The number of aromatic nitrogens is 1. The Morgan fingerprint density at radius 2 is 1.61 bits per heavy atom. The second-order valence-electron chi connectivity index (χ2n) is 6.83. The topological polar surface area (TPSA) is 89.6 Å². The number of nitrogens with zero attached hydrogens (tertiary/aromatic N) is 1. The summed E-state index contributed by atoms with van der Waals surface area (Å²) >= 11 is 0. The molecule has 0 aliphatic heterocycles. The van der Waals surface area contributed by atoms with Crippen LogP contribution in [0, 0.1) is 0 Å². The van der Waals surface area contributed by atoms with Crippen LogP contribution < -0.4 is 0 Å². The molecule has 1 N–H and O–H groups in total. The van der Waals surface area contributed by atoms with Crippen LogP contribution >= 0.6 is 0 Å². The van der Waals surface area contributed by atoms with Gasteiger partial charge in [-0.3, -0.25) is 4.79 Å². The lowest BCUT2D eigenvalue weighted by molar-refractivity contribution is -0.146. The monoisotopic (exact) mass is 377 g/mol. The van der Waals surface area contributed by atoms with Gasteiger partial charge in [0, 0.05) is 5.56 Å². The highest BCUT2D eigenvalue weighted by Gasteiger charge is 2.52. The lowest BCUT2D eigenvalue weighted by Gasteiger charge is -2.14. The van der Waals surface area contributed by atoms with Gasteiger partial charge in [0.2, 0.25) is 0 Å². The van der Waals surface area contributed by atoms with E-state index in [0.29, 0.717) is 12.2 Å². The zero-order valence-electron chi connectivity index (χ0n) is 15.3. The molecule has 0 amide bonds. The lowest BCUT2D eigenvalue weighted by Crippen LogP contribution is -2.23. The van der Waals surface area contributed by atoms with Crippen molar-refractivity contribution in [1.29, 1.82) is 0 Å². The first kappa shape index (κ1) is 18.0. The molecule has 0 saturated heterocycles. The molecule has 0 bridgehead atoms. The Morgan fingerprint density at radius 3 is 2.14 bits per heavy atom. The van der Waals surface area contributed by atoms with Crippen LogP contribution in [0.15, 0.2) is 59.3 Å². The number of hydrogen-bond acceptors (Lipinski definition) is 5. The summed E-state index contributed by atoms with van der Waals surface area (Å²) in [5.74, 6) is -0.987. The Kier molecular flexibility index (Phi) is 4.47. The Hall–Kier alpha value is -3.41. The number of carboxylic acids is 1. The van der Waals surface area contributed by atoms with Gasteiger partial charge < -0.3 is 14.4 Å². The molecule has 4 rings (SSSR count). The normalized spacial score (nSPS) is 14.5. The maximum absolute atomic E-state index is 12.2. The molecule has 1 aromatic heterocycles. The molecule has 6 heteroatoms. The van der Waals surface area contributed by atoms with Crippen LogP contribution in [-0.4, -0.2) is 28.8 Å². The van der Waals surface area contributed by atoms with Gasteiger partial charge >= 0.3 is 11.9 Å². The van der Waals surface area contributed by atoms with Crippen molar-refractivity contribution in [2.24, 2.45) is 0 Å². The first-order chi connectivity index (χ1) is 13.5. The second kappa shape index (κ2) is 6.96. The summed E-state index contributed by atoms with van der Waals surface area (Å²) in [6.07, 6.45) is 2.84. The number of rotatable bonds is 6. The fraction of sp³-hybridized carbons (Fsp3) is 0.227. The molecular weight excluding hydrogens is 358 g/mol. The molecular formula is C22H19NO5. The minimum Gasteiger partial charge on any atom is -0.477 e. The zero-order chi connectivity index (χ0) is 19.7. The van der Waals surface area contributed by atoms with Gasteiger partial charge in [0.15, 0.2) is 5.76 Å². The fourth-order valence-electron chi connectivity index (χ4n) is 3.40. The molecule has 142 valence electrons. The van der Waals surface area contributed by atoms with E-state index >= 15 is 0 Å². The zero-order valence-corrected chi connectivity index (χ0v) is 15.3. The van der Waals surface area contributed by atoms with Crippen molar-refractivity contribution in [1.82, 2.24) is 5.16 Å². The predicted octanol–water partition coefficient (Wildman–Crippen LogP) is 4.30. The van der Waals surface area contributed by atoms with E-state index in [1.807, 2.05) is 43.3 Å². The maximum Gasteiger partial charge on any atom is 0.341 e. The molecule has 1 heterocycles. The van der Waals surface area contributed by atoms with Crippen LogP contribution in [0.4, 0.5) is 0 Å². The molecule has 0 radical (unpaired) electrons. The fourth-order valence-corrected chi connectivity index (χ4v) is 3.40. The van der Waals surface area contributed by atoms with Crippen LogP contribution in [0.3, 0.4) is 0 Å². The highest BCUT2D eigenvalue weighted by Crippen LogP contribution is 2.49. The third-order valence-electron chi connectivity index (χ3n) is 5.13. The molecule has 1 fully saturated rings. The average Bonchev–Trinajstić information content (AvgIpc) is 3.38. The van der Waals surface area contributed by atoms with E-state index in [9.17, 15) is 14.7 Å². The minimum absolute atomic E-state index is 0.0331. The summed E-state index contributed by atoms with van der Waals surface area (Å²) < 4.78 is 10.3. The average molecular weight is 377 g/mol. The summed E-state index contributed by atoms with van der Waals surface area (Å²) in [5.41, 5.74) is 3.18. The predicted molar refractivity (Wildman–Crippen MR) is 102 cm³/mol. The Bertz CT molecular complexity index is 1010. The SMILES string of the molecule is CCOC(=O)C1(c2ccc(-c3ccc(-c4oncc4C(=O)O)cc3)cc2)CC1. The van der Waals surface area contributed by atoms with E-state index in [1.165, 1.54) is 6.20 Å². The third-order valence-corrected chi connectivity index (χ3v) is 5.13. The number of aromatic carboxylic acids is 1. The number of benzene rings is 2. The van der Waals surface area contributed by atoms with Crippen molar-refractivity contribution in [2.75, 3.05) is 6.61 Å². The molecule has 1 aliphatic carbocycles. The van der Waals surface area contributed by atoms with Gasteiger partial charge in [-0.15, -0.1) is 0 Å². The van der Waals surface area contributed by atoms with Gasteiger partial charge in [-0.2, -0.15) is 0 Å².